The fraction of sp³-hybridized carbons (Fsp3) is 0.312. The highest BCUT2D eigenvalue weighted by Crippen LogP contribution is 2.24. The molecule has 0 spiro atoms. The standard InChI is InChI=1S/C16H19ClN2/c1-4-14-9-13(11-17)10-16(18-14)19(3)15-7-5-6-12(2)8-15/h5-10H,4,11H2,1-3H3. The molecule has 0 radical (unpaired) electrons. The monoisotopic (exact) mass is 274 g/mol. The van der Waals surface area contributed by atoms with Crippen LogP contribution in [0.15, 0.2) is 36.4 Å². The largest absolute Gasteiger partial charge is 0.329 e. The van der Waals surface area contributed by atoms with Gasteiger partial charge in [0.25, 0.3) is 0 Å². The molecule has 0 aliphatic carbocycles. The number of rotatable bonds is 4. The van der Waals surface area contributed by atoms with Crippen LogP contribution in [0.3, 0.4) is 0 Å². The van der Waals surface area contributed by atoms with Crippen molar-refractivity contribution in [1.82, 2.24) is 4.98 Å². The second-order valence-corrected chi connectivity index (χ2v) is 4.98. The summed E-state index contributed by atoms with van der Waals surface area (Å²) >= 11 is 5.96. The van der Waals surface area contributed by atoms with Gasteiger partial charge in [-0.3, -0.25) is 0 Å². The van der Waals surface area contributed by atoms with Crippen LogP contribution in [0.25, 0.3) is 0 Å². The summed E-state index contributed by atoms with van der Waals surface area (Å²) in [6.07, 6.45) is 0.916. The molecular formula is C16H19ClN2. The van der Waals surface area contributed by atoms with Gasteiger partial charge in [0, 0.05) is 24.3 Å². The van der Waals surface area contributed by atoms with E-state index in [4.69, 9.17) is 11.6 Å². The fourth-order valence-electron chi connectivity index (χ4n) is 2.03. The number of aromatic nitrogens is 1. The van der Waals surface area contributed by atoms with Crippen molar-refractivity contribution in [3.63, 3.8) is 0 Å². The summed E-state index contributed by atoms with van der Waals surface area (Å²) in [6, 6.07) is 12.5. The van der Waals surface area contributed by atoms with Crippen LogP contribution < -0.4 is 4.90 Å². The van der Waals surface area contributed by atoms with Crippen LogP contribution in [0.5, 0.6) is 0 Å². The van der Waals surface area contributed by atoms with Crippen LogP contribution in [0, 0.1) is 6.92 Å². The minimum atomic E-state index is 0.518. The number of hydrogen-bond donors (Lipinski definition) is 0. The molecule has 1 aromatic heterocycles. The molecular weight excluding hydrogens is 256 g/mol. The number of aryl methyl sites for hydroxylation is 2. The molecule has 0 aliphatic rings. The van der Waals surface area contributed by atoms with E-state index in [1.54, 1.807) is 0 Å². The third-order valence-corrected chi connectivity index (χ3v) is 3.48. The molecule has 0 N–H and O–H groups in total. The Kier molecular flexibility index (Phi) is 4.43. The zero-order valence-corrected chi connectivity index (χ0v) is 12.4. The predicted molar refractivity (Wildman–Crippen MR) is 82.4 cm³/mol. The van der Waals surface area contributed by atoms with E-state index in [0.29, 0.717) is 5.88 Å². The summed E-state index contributed by atoms with van der Waals surface area (Å²) in [6.45, 7) is 4.20. The second kappa shape index (κ2) is 6.07. The van der Waals surface area contributed by atoms with Crippen molar-refractivity contribution in [2.75, 3.05) is 11.9 Å². The Labute approximate surface area is 120 Å². The normalized spacial score (nSPS) is 10.5. The van der Waals surface area contributed by atoms with Crippen LogP contribution >= 0.6 is 11.6 Å². The molecule has 2 nitrogen and oxygen atoms in total. The van der Waals surface area contributed by atoms with E-state index >= 15 is 0 Å². The van der Waals surface area contributed by atoms with E-state index in [1.165, 1.54) is 5.56 Å². The van der Waals surface area contributed by atoms with Gasteiger partial charge >= 0.3 is 0 Å². The lowest BCUT2D eigenvalue weighted by Crippen LogP contribution is -2.12. The van der Waals surface area contributed by atoms with Crippen molar-refractivity contribution in [2.45, 2.75) is 26.1 Å². The van der Waals surface area contributed by atoms with E-state index in [9.17, 15) is 0 Å². The molecule has 3 heteroatoms. The maximum atomic E-state index is 5.96. The van der Waals surface area contributed by atoms with Crippen LogP contribution in [0.1, 0.15) is 23.7 Å². The van der Waals surface area contributed by atoms with Gasteiger partial charge < -0.3 is 4.90 Å². The van der Waals surface area contributed by atoms with Gasteiger partial charge in [0.05, 0.1) is 0 Å². The quantitative estimate of drug-likeness (QED) is 0.765. The highest BCUT2D eigenvalue weighted by molar-refractivity contribution is 6.17. The fourth-order valence-corrected chi connectivity index (χ4v) is 2.19. The zero-order chi connectivity index (χ0) is 13.8. The molecule has 0 unspecified atom stereocenters. The Balaban J connectivity index is 2.40. The molecule has 1 aromatic carbocycles. The van der Waals surface area contributed by atoms with Crippen molar-refractivity contribution >= 4 is 23.1 Å². The lowest BCUT2D eigenvalue weighted by atomic mass is 10.2. The first kappa shape index (κ1) is 13.9. The molecule has 0 saturated heterocycles. The maximum absolute atomic E-state index is 5.96. The van der Waals surface area contributed by atoms with Gasteiger partial charge in [-0.15, -0.1) is 11.6 Å². The smallest absolute Gasteiger partial charge is 0.133 e. The number of pyridine rings is 1. The Morgan fingerprint density at radius 3 is 2.63 bits per heavy atom. The van der Waals surface area contributed by atoms with Crippen LogP contribution in [0.2, 0.25) is 0 Å². The molecule has 2 rings (SSSR count). The molecule has 1 heterocycles. The molecule has 2 aromatic rings. The molecule has 0 atom stereocenters. The van der Waals surface area contributed by atoms with Crippen molar-refractivity contribution in [3.8, 4) is 0 Å². The average molecular weight is 275 g/mol. The van der Waals surface area contributed by atoms with Gasteiger partial charge in [-0.05, 0) is 48.7 Å². The highest BCUT2D eigenvalue weighted by atomic mass is 35.5. The molecule has 19 heavy (non-hydrogen) atoms. The van der Waals surface area contributed by atoms with Gasteiger partial charge in [-0.2, -0.15) is 0 Å². The van der Waals surface area contributed by atoms with Gasteiger partial charge in [-0.25, -0.2) is 4.98 Å². The third kappa shape index (κ3) is 3.27. The summed E-state index contributed by atoms with van der Waals surface area (Å²) < 4.78 is 0. The molecule has 0 fully saturated rings. The molecule has 0 amide bonds. The number of benzene rings is 1. The van der Waals surface area contributed by atoms with E-state index < -0.39 is 0 Å². The van der Waals surface area contributed by atoms with Crippen molar-refractivity contribution < 1.29 is 0 Å². The summed E-state index contributed by atoms with van der Waals surface area (Å²) in [5.41, 5.74) is 4.57. The van der Waals surface area contributed by atoms with Gasteiger partial charge in [-0.1, -0.05) is 19.1 Å². The van der Waals surface area contributed by atoms with E-state index in [0.717, 1.165) is 29.2 Å². The summed E-state index contributed by atoms with van der Waals surface area (Å²) in [4.78, 5) is 6.77. The SMILES string of the molecule is CCc1cc(CCl)cc(N(C)c2cccc(C)c2)n1. The summed E-state index contributed by atoms with van der Waals surface area (Å²) in [5.74, 6) is 1.46. The highest BCUT2D eigenvalue weighted by Gasteiger charge is 2.08. The van der Waals surface area contributed by atoms with E-state index in [-0.39, 0.29) is 0 Å². The van der Waals surface area contributed by atoms with Gasteiger partial charge in [0.2, 0.25) is 0 Å². The van der Waals surface area contributed by atoms with Gasteiger partial charge in [0.15, 0.2) is 0 Å². The van der Waals surface area contributed by atoms with Crippen molar-refractivity contribution in [2.24, 2.45) is 0 Å². The Morgan fingerprint density at radius 2 is 2.00 bits per heavy atom. The number of alkyl halides is 1. The molecule has 0 saturated carbocycles. The minimum absolute atomic E-state index is 0.518. The number of anilines is 2. The first-order valence-electron chi connectivity index (χ1n) is 6.50. The predicted octanol–water partition coefficient (Wildman–Crippen LogP) is 4.46. The summed E-state index contributed by atoms with van der Waals surface area (Å²) in [5, 5.41) is 0. The second-order valence-electron chi connectivity index (χ2n) is 4.71. The Bertz CT molecular complexity index is 544. The number of halogens is 1. The first-order chi connectivity index (χ1) is 9.13. The van der Waals surface area contributed by atoms with Crippen LogP contribution in [-0.2, 0) is 12.3 Å². The van der Waals surface area contributed by atoms with Crippen LogP contribution in [0.4, 0.5) is 11.5 Å². The van der Waals surface area contributed by atoms with Crippen molar-refractivity contribution in [3.05, 3.63) is 53.2 Å². The molecule has 100 valence electrons. The van der Waals surface area contributed by atoms with E-state index in [1.807, 2.05) is 7.05 Å². The lowest BCUT2D eigenvalue weighted by molar-refractivity contribution is 0.997. The number of nitrogens with zero attached hydrogens (tertiary/aromatic N) is 2. The van der Waals surface area contributed by atoms with E-state index in [2.05, 4.69) is 60.1 Å². The zero-order valence-electron chi connectivity index (χ0n) is 11.7. The first-order valence-corrected chi connectivity index (χ1v) is 7.03. The summed E-state index contributed by atoms with van der Waals surface area (Å²) in [7, 11) is 2.04. The third-order valence-electron chi connectivity index (χ3n) is 3.17. The Hall–Kier alpha value is -1.54. The lowest BCUT2D eigenvalue weighted by Gasteiger charge is -2.20. The maximum Gasteiger partial charge on any atom is 0.133 e. The van der Waals surface area contributed by atoms with Crippen molar-refractivity contribution in [1.29, 1.82) is 0 Å². The average Bonchev–Trinajstić information content (AvgIpc) is 2.45. The molecule has 0 aliphatic heterocycles. The molecule has 0 bridgehead atoms. The topological polar surface area (TPSA) is 16.1 Å². The minimum Gasteiger partial charge on any atom is -0.329 e. The van der Waals surface area contributed by atoms with Crippen LogP contribution in [-0.4, -0.2) is 12.0 Å². The number of hydrogen-bond acceptors (Lipinski definition) is 2. The Morgan fingerprint density at radius 1 is 1.21 bits per heavy atom. The van der Waals surface area contributed by atoms with Gasteiger partial charge in [0.1, 0.15) is 5.82 Å².